The molecule has 6 rings (SSSR count). The first-order valence-electron chi connectivity index (χ1n) is 18.3. The topological polar surface area (TPSA) is 168 Å². The number of Topliss-reactive ketones (excluding diaryl/α,β-unsaturated/α-hetero) is 2. The highest BCUT2D eigenvalue weighted by Gasteiger charge is 2.57. The summed E-state index contributed by atoms with van der Waals surface area (Å²) in [6, 6.07) is 6.87. The lowest BCUT2D eigenvalue weighted by Crippen LogP contribution is -2.49. The zero-order valence-corrected chi connectivity index (χ0v) is 34.7. The fraction of sp³-hybridized carbons (Fsp3) is 0.581. The third-order valence-electron chi connectivity index (χ3n) is 9.09. The first-order valence-corrected chi connectivity index (χ1v) is 18.3. The van der Waals surface area contributed by atoms with E-state index in [-0.39, 0.29) is 55.1 Å². The molecule has 2 aromatic rings. The second-order valence-corrected chi connectivity index (χ2v) is 13.0. The van der Waals surface area contributed by atoms with Crippen LogP contribution in [0.4, 0.5) is 0 Å². The van der Waals surface area contributed by atoms with Crippen LogP contribution in [0.15, 0.2) is 82.6 Å². The van der Waals surface area contributed by atoms with Gasteiger partial charge in [0.05, 0.1) is 36.6 Å². The minimum Gasteiger partial charge on any atom is -0.464 e. The third-order valence-corrected chi connectivity index (χ3v) is 9.09. The van der Waals surface area contributed by atoms with Gasteiger partial charge in [0, 0.05) is 42.7 Å². The summed E-state index contributed by atoms with van der Waals surface area (Å²) >= 11 is 0. The quantitative estimate of drug-likeness (QED) is 0.0789. The number of aldehydes is 1. The van der Waals surface area contributed by atoms with Crippen LogP contribution in [0.1, 0.15) is 90.3 Å². The lowest BCUT2D eigenvalue weighted by molar-refractivity contribution is -0.210. The van der Waals surface area contributed by atoms with Crippen molar-refractivity contribution in [2.75, 3.05) is 42.7 Å². The molecular formula is C43H66O14. The minimum absolute atomic E-state index is 0. The molecule has 2 aromatic heterocycles. The summed E-state index contributed by atoms with van der Waals surface area (Å²) in [5, 5.41) is 0. The molecule has 0 amide bonds. The van der Waals surface area contributed by atoms with Crippen LogP contribution in [0.25, 0.3) is 0 Å². The van der Waals surface area contributed by atoms with E-state index >= 15 is 0 Å². The number of unbranched alkanes of at least 4 members (excludes halogenated alkanes) is 1. The van der Waals surface area contributed by atoms with E-state index in [4.69, 9.17) is 42.3 Å². The molecule has 6 unspecified atom stereocenters. The van der Waals surface area contributed by atoms with E-state index in [1.807, 2.05) is 24.3 Å². The number of allylic oxidation sites excluding steroid dienone is 1. The van der Waals surface area contributed by atoms with Gasteiger partial charge in [-0.3, -0.25) is 19.2 Å². The second kappa shape index (κ2) is 27.7. The fourth-order valence-corrected chi connectivity index (χ4v) is 6.18. The summed E-state index contributed by atoms with van der Waals surface area (Å²) in [5.41, 5.74) is -1.27. The Hall–Kier alpha value is -3.86. The van der Waals surface area contributed by atoms with Crippen LogP contribution in [0.5, 0.6) is 0 Å². The van der Waals surface area contributed by atoms with E-state index in [0.717, 1.165) is 6.42 Å². The molecule has 0 saturated carbocycles. The van der Waals surface area contributed by atoms with Crippen LogP contribution in [0.3, 0.4) is 0 Å². The largest absolute Gasteiger partial charge is 0.464 e. The molecule has 4 aliphatic heterocycles. The normalized spacial score (nSPS) is 24.0. The van der Waals surface area contributed by atoms with E-state index in [2.05, 4.69) is 24.8 Å². The highest BCUT2D eigenvalue weighted by atomic mass is 16.7. The number of methoxy groups -OCH3 is 6. The Morgan fingerprint density at radius 2 is 1.37 bits per heavy atom. The van der Waals surface area contributed by atoms with Crippen molar-refractivity contribution >= 4 is 23.6 Å². The Labute approximate surface area is 338 Å². The summed E-state index contributed by atoms with van der Waals surface area (Å²) in [6.45, 7) is 12.2. The smallest absolute Gasteiger partial charge is 0.216 e. The van der Waals surface area contributed by atoms with Crippen molar-refractivity contribution in [2.45, 2.75) is 110 Å². The van der Waals surface area contributed by atoms with Crippen molar-refractivity contribution in [3.05, 3.63) is 85.3 Å². The van der Waals surface area contributed by atoms with Gasteiger partial charge >= 0.3 is 0 Å². The molecule has 0 radical (unpaired) electrons. The van der Waals surface area contributed by atoms with Crippen LogP contribution in [0, 0.1) is 11.8 Å². The van der Waals surface area contributed by atoms with E-state index < -0.39 is 23.8 Å². The number of ketones is 3. The van der Waals surface area contributed by atoms with Crippen LogP contribution in [-0.4, -0.2) is 102 Å². The molecule has 0 aliphatic carbocycles. The molecule has 2 saturated heterocycles. The maximum absolute atomic E-state index is 11.6. The summed E-state index contributed by atoms with van der Waals surface area (Å²) in [5.74, 6) is 1.16. The zero-order chi connectivity index (χ0) is 42.3. The van der Waals surface area contributed by atoms with Gasteiger partial charge in [0.15, 0.2) is 36.2 Å². The number of hydrogen-bond donors (Lipinski definition) is 0. The van der Waals surface area contributed by atoms with Crippen molar-refractivity contribution in [3.63, 3.8) is 0 Å². The minimum atomic E-state index is -0.708. The molecule has 6 heterocycles. The molecule has 2 fully saturated rings. The van der Waals surface area contributed by atoms with Crippen molar-refractivity contribution in [2.24, 2.45) is 11.8 Å². The number of carbonyl (C=O) groups excluding carboxylic acids is 4. The molecule has 0 aromatic carbocycles. The fourth-order valence-electron chi connectivity index (χ4n) is 6.18. The molecule has 4 bridgehead atoms. The maximum Gasteiger partial charge on any atom is 0.216 e. The average molecular weight is 807 g/mol. The predicted molar refractivity (Wildman–Crippen MR) is 214 cm³/mol. The van der Waals surface area contributed by atoms with Gasteiger partial charge in [0.25, 0.3) is 0 Å². The molecule has 57 heavy (non-hydrogen) atoms. The molecule has 14 nitrogen and oxygen atoms in total. The zero-order valence-electron chi connectivity index (χ0n) is 34.7. The summed E-state index contributed by atoms with van der Waals surface area (Å²) in [4.78, 5) is 42.4. The van der Waals surface area contributed by atoms with Gasteiger partial charge in [0.2, 0.25) is 6.29 Å². The van der Waals surface area contributed by atoms with Crippen molar-refractivity contribution in [1.29, 1.82) is 0 Å². The third kappa shape index (κ3) is 15.4. The van der Waals surface area contributed by atoms with Crippen LogP contribution in [-0.2, 0) is 52.3 Å². The number of furan rings is 2. The number of ether oxygens (including phenoxy) is 8. The Balaban J connectivity index is 0.000000699. The van der Waals surface area contributed by atoms with E-state index in [1.54, 1.807) is 87.0 Å². The Morgan fingerprint density at radius 3 is 1.72 bits per heavy atom. The molecule has 4 aliphatic rings. The second-order valence-electron chi connectivity index (χ2n) is 13.0. The van der Waals surface area contributed by atoms with Crippen molar-refractivity contribution in [1.82, 2.24) is 0 Å². The van der Waals surface area contributed by atoms with Gasteiger partial charge in [-0.15, -0.1) is 0 Å². The molecule has 322 valence electrons. The lowest BCUT2D eigenvalue weighted by Gasteiger charge is -2.34. The molecule has 0 spiro atoms. The summed E-state index contributed by atoms with van der Waals surface area (Å²) in [7, 11) is 9.41. The van der Waals surface area contributed by atoms with Crippen LogP contribution >= 0.6 is 0 Å². The SMILES string of the molecule is C.C=CC(C)=O.CCCC.COC(OC)C12C=CC(CC1C(C)=O)O2.COC(OC)C12C=CC(O1)C(C(C)=O)C2.COC(OC)c1ccco1.O=Cc1ccco1. The van der Waals surface area contributed by atoms with Gasteiger partial charge < -0.3 is 46.7 Å². The summed E-state index contributed by atoms with van der Waals surface area (Å²) < 4.78 is 52.0. The van der Waals surface area contributed by atoms with Crippen LogP contribution < -0.4 is 0 Å². The monoisotopic (exact) mass is 806 g/mol. The van der Waals surface area contributed by atoms with E-state index in [1.165, 1.54) is 32.1 Å². The molecule has 6 atom stereocenters. The number of fused-ring (bicyclic) bond motifs is 4. The Morgan fingerprint density at radius 1 is 0.807 bits per heavy atom. The average Bonchev–Trinajstić information content (AvgIpc) is 4.07. The van der Waals surface area contributed by atoms with Crippen molar-refractivity contribution in [3.8, 4) is 0 Å². The Bertz CT molecular complexity index is 1470. The van der Waals surface area contributed by atoms with E-state index in [9.17, 15) is 19.2 Å². The highest BCUT2D eigenvalue weighted by Crippen LogP contribution is 2.47. The number of carbonyl (C=O) groups is 4. The Kier molecular flexibility index (Phi) is 25.8. The van der Waals surface area contributed by atoms with Gasteiger partial charge in [-0.1, -0.05) is 52.8 Å². The van der Waals surface area contributed by atoms with Gasteiger partial charge in [-0.25, -0.2) is 0 Å². The molecule has 0 N–H and O–H groups in total. The molecule has 14 heteroatoms. The van der Waals surface area contributed by atoms with Crippen LogP contribution in [0.2, 0.25) is 0 Å². The highest BCUT2D eigenvalue weighted by molar-refractivity contribution is 5.86. The summed E-state index contributed by atoms with van der Waals surface area (Å²) in [6.07, 6.45) is 15.4. The maximum atomic E-state index is 11.6. The first kappa shape index (κ1) is 53.1. The standard InChI is InChI=1S/2C11H16O4.C7H10O3.C5H4O2.C4H6O.C4H10.CH4/c1-7(12)8-6-11(10(13-2)14-3)5-4-9(8)15-11;1-7(12)9-6-8-4-5-11(9,15-8)10(13-2)14-3;1-8-7(9-2)6-4-3-5-10-6;6-4-5-2-1-3-7-5;1-3-4(2)5;1-3-4-2;/h2*4-5,8-10H,6H2,1-3H3;3-5,7H,1-2H3;1-4H;3H,1H2,2H3;3-4H2,1-2H3;1H4. The molecular weight excluding hydrogens is 740 g/mol. The van der Waals surface area contributed by atoms with Gasteiger partial charge in [-0.05, 0) is 76.1 Å². The lowest BCUT2D eigenvalue weighted by atomic mass is 9.80. The van der Waals surface area contributed by atoms with Gasteiger partial charge in [0.1, 0.15) is 22.8 Å². The van der Waals surface area contributed by atoms with E-state index in [0.29, 0.717) is 24.2 Å². The first-order chi connectivity index (χ1) is 26.8. The van der Waals surface area contributed by atoms with Crippen molar-refractivity contribution < 1.29 is 65.9 Å². The predicted octanol–water partition coefficient (Wildman–Crippen LogP) is 7.68. The van der Waals surface area contributed by atoms with Gasteiger partial charge in [-0.2, -0.15) is 0 Å². The number of rotatable bonds is 14. The number of hydrogen-bond acceptors (Lipinski definition) is 14.